The minimum atomic E-state index is -3.70. The lowest BCUT2D eigenvalue weighted by atomic mass is 9.76. The molecule has 43 heavy (non-hydrogen) atoms. The van der Waals surface area contributed by atoms with Gasteiger partial charge in [0.05, 0.1) is 19.1 Å². The molecule has 0 bridgehead atoms. The van der Waals surface area contributed by atoms with Crippen LogP contribution in [-0.4, -0.2) is 25.6 Å². The number of hydrogen-bond acceptors (Lipinski definition) is 3. The molecule has 0 unspecified atom stereocenters. The molecule has 2 aromatic rings. The Balaban J connectivity index is 1.09. The highest BCUT2D eigenvalue weighted by atomic mass is 19.3. The molecule has 3 aliphatic rings. The van der Waals surface area contributed by atoms with Crippen LogP contribution in [0.2, 0.25) is 0 Å². The van der Waals surface area contributed by atoms with Gasteiger partial charge in [-0.15, -0.1) is 0 Å². The molecule has 2 aliphatic carbocycles. The Hall–Kier alpha value is -2.26. The maximum Gasteiger partial charge on any atom is 0.400 e. The standard InChI is InChI=1S/C34H42F6O3/c1-2-3-4-5-21-19-41-33(42-20-21)24-8-6-22(7-9-24)25-12-15-28(29(35)16-25)23-10-13-26(14-11-23)34(39,40)43-27-17-30(36)32(38)31(37)18-27/h12,15-18,21-24,26,33H,2-11,13-14,19-20H2,1H3. The molecule has 0 amide bonds. The van der Waals surface area contributed by atoms with Crippen LogP contribution in [0.1, 0.15) is 107 Å². The molecule has 238 valence electrons. The predicted molar refractivity (Wildman–Crippen MR) is 151 cm³/mol. The van der Waals surface area contributed by atoms with Crippen LogP contribution in [0.15, 0.2) is 30.3 Å². The Morgan fingerprint density at radius 1 is 0.767 bits per heavy atom. The van der Waals surface area contributed by atoms with Crippen molar-refractivity contribution in [3.63, 3.8) is 0 Å². The third kappa shape index (κ3) is 7.88. The quantitative estimate of drug-likeness (QED) is 0.152. The van der Waals surface area contributed by atoms with Crippen molar-refractivity contribution in [3.05, 3.63) is 64.7 Å². The van der Waals surface area contributed by atoms with E-state index in [4.69, 9.17) is 9.47 Å². The van der Waals surface area contributed by atoms with Gasteiger partial charge in [0.25, 0.3) is 0 Å². The summed E-state index contributed by atoms with van der Waals surface area (Å²) in [5.41, 5.74) is 1.49. The van der Waals surface area contributed by atoms with Crippen LogP contribution in [0.5, 0.6) is 5.75 Å². The smallest absolute Gasteiger partial charge is 0.400 e. The average molecular weight is 613 g/mol. The van der Waals surface area contributed by atoms with Crippen molar-refractivity contribution in [1.29, 1.82) is 0 Å². The molecule has 0 aromatic heterocycles. The van der Waals surface area contributed by atoms with Crippen molar-refractivity contribution in [2.45, 2.75) is 108 Å². The Morgan fingerprint density at radius 3 is 2.00 bits per heavy atom. The fourth-order valence-corrected chi connectivity index (χ4v) is 7.11. The highest BCUT2D eigenvalue weighted by Crippen LogP contribution is 2.45. The van der Waals surface area contributed by atoms with Gasteiger partial charge in [0.15, 0.2) is 23.7 Å². The predicted octanol–water partition coefficient (Wildman–Crippen LogP) is 10.0. The van der Waals surface area contributed by atoms with Gasteiger partial charge in [-0.3, -0.25) is 0 Å². The van der Waals surface area contributed by atoms with E-state index in [0.29, 0.717) is 42.4 Å². The number of rotatable bonds is 10. The zero-order valence-electron chi connectivity index (χ0n) is 24.7. The molecule has 0 atom stereocenters. The molecule has 3 fully saturated rings. The lowest BCUT2D eigenvalue weighted by Crippen LogP contribution is -2.38. The van der Waals surface area contributed by atoms with Gasteiger partial charge in [-0.05, 0) is 86.8 Å². The maximum atomic E-state index is 15.3. The molecule has 2 saturated carbocycles. The largest absolute Gasteiger partial charge is 0.432 e. The fraction of sp³-hybridized carbons (Fsp3) is 0.647. The number of halogens is 6. The topological polar surface area (TPSA) is 27.7 Å². The fourth-order valence-electron chi connectivity index (χ4n) is 7.11. The maximum absolute atomic E-state index is 15.3. The Morgan fingerprint density at radius 2 is 1.40 bits per heavy atom. The first kappa shape index (κ1) is 32.1. The normalized spacial score (nSPS) is 28.5. The first-order chi connectivity index (χ1) is 20.6. The number of ether oxygens (including phenoxy) is 3. The zero-order chi connectivity index (χ0) is 30.6. The zero-order valence-corrected chi connectivity index (χ0v) is 24.7. The molecule has 1 heterocycles. The van der Waals surface area contributed by atoms with Gasteiger partial charge in [-0.1, -0.05) is 38.3 Å². The van der Waals surface area contributed by atoms with Gasteiger partial charge >= 0.3 is 6.11 Å². The molecule has 0 spiro atoms. The summed E-state index contributed by atoms with van der Waals surface area (Å²) in [5, 5.41) is 0. The Kier molecular flexibility index (Phi) is 10.6. The lowest BCUT2D eigenvalue weighted by Gasteiger charge is -2.38. The summed E-state index contributed by atoms with van der Waals surface area (Å²) in [4.78, 5) is 0. The van der Waals surface area contributed by atoms with E-state index in [9.17, 15) is 22.0 Å². The first-order valence-corrected chi connectivity index (χ1v) is 15.9. The summed E-state index contributed by atoms with van der Waals surface area (Å²) in [6.07, 6.45) is 5.57. The highest BCUT2D eigenvalue weighted by molar-refractivity contribution is 5.30. The van der Waals surface area contributed by atoms with E-state index in [2.05, 4.69) is 11.7 Å². The van der Waals surface area contributed by atoms with Gasteiger partial charge in [0.1, 0.15) is 11.6 Å². The molecule has 5 rings (SSSR count). The SMILES string of the molecule is CCCCCC1COC(C2CCC(c3ccc(C4CCC(C(F)(F)Oc5cc(F)c(F)c(F)c5)CC4)c(F)c3)CC2)OC1. The lowest BCUT2D eigenvalue weighted by molar-refractivity contribution is -0.229. The molecule has 9 heteroatoms. The summed E-state index contributed by atoms with van der Waals surface area (Å²) < 4.78 is 102. The monoisotopic (exact) mass is 612 g/mol. The second-order valence-corrected chi connectivity index (χ2v) is 12.7. The molecule has 1 aliphatic heterocycles. The van der Waals surface area contributed by atoms with Crippen molar-refractivity contribution in [2.24, 2.45) is 17.8 Å². The van der Waals surface area contributed by atoms with Crippen molar-refractivity contribution < 1.29 is 40.6 Å². The summed E-state index contributed by atoms with van der Waals surface area (Å²) >= 11 is 0. The van der Waals surface area contributed by atoms with Crippen LogP contribution in [0, 0.1) is 41.0 Å². The number of unbranched alkanes of at least 4 members (excludes halogenated alkanes) is 2. The van der Waals surface area contributed by atoms with E-state index in [1.807, 2.05) is 6.07 Å². The highest BCUT2D eigenvalue weighted by Gasteiger charge is 2.44. The van der Waals surface area contributed by atoms with Gasteiger partial charge in [0.2, 0.25) is 0 Å². The van der Waals surface area contributed by atoms with E-state index in [1.165, 1.54) is 19.3 Å². The summed E-state index contributed by atoms with van der Waals surface area (Å²) in [7, 11) is 0. The van der Waals surface area contributed by atoms with Gasteiger partial charge in [0, 0.05) is 24.0 Å². The minimum Gasteiger partial charge on any atom is -0.432 e. The number of benzene rings is 2. The van der Waals surface area contributed by atoms with Crippen molar-refractivity contribution in [2.75, 3.05) is 13.2 Å². The van der Waals surface area contributed by atoms with Crippen LogP contribution in [0.3, 0.4) is 0 Å². The summed E-state index contributed by atoms with van der Waals surface area (Å²) in [6.45, 7) is 3.74. The van der Waals surface area contributed by atoms with Gasteiger partial charge < -0.3 is 14.2 Å². The molecule has 3 nitrogen and oxygen atoms in total. The molecular formula is C34H42F6O3. The molecular weight excluding hydrogens is 570 g/mol. The van der Waals surface area contributed by atoms with Crippen LogP contribution >= 0.6 is 0 Å². The third-order valence-electron chi connectivity index (χ3n) is 9.71. The minimum absolute atomic E-state index is 0.0554. The van der Waals surface area contributed by atoms with Crippen LogP contribution in [0.4, 0.5) is 26.3 Å². The summed E-state index contributed by atoms with van der Waals surface area (Å²) in [5.74, 6) is -6.33. The van der Waals surface area contributed by atoms with Crippen molar-refractivity contribution in [1.82, 2.24) is 0 Å². The molecule has 0 radical (unpaired) electrons. The second-order valence-electron chi connectivity index (χ2n) is 12.7. The molecule has 2 aromatic carbocycles. The number of hydrogen-bond donors (Lipinski definition) is 0. The van der Waals surface area contributed by atoms with E-state index >= 15 is 4.39 Å². The van der Waals surface area contributed by atoms with Gasteiger partial charge in [-0.25, -0.2) is 17.6 Å². The molecule has 1 saturated heterocycles. The second kappa shape index (κ2) is 14.2. The average Bonchev–Trinajstić information content (AvgIpc) is 3.00. The van der Waals surface area contributed by atoms with E-state index in [-0.39, 0.29) is 36.8 Å². The first-order valence-electron chi connectivity index (χ1n) is 15.9. The van der Waals surface area contributed by atoms with Crippen LogP contribution < -0.4 is 4.74 Å². The Bertz CT molecular complexity index is 1180. The summed E-state index contributed by atoms with van der Waals surface area (Å²) in [6, 6.07) is 6.19. The van der Waals surface area contributed by atoms with E-state index in [0.717, 1.165) is 50.9 Å². The Labute approximate surface area is 250 Å². The third-order valence-corrected chi connectivity index (χ3v) is 9.71. The van der Waals surface area contributed by atoms with E-state index < -0.39 is 35.2 Å². The number of alkyl halides is 2. The van der Waals surface area contributed by atoms with Gasteiger partial charge in [-0.2, -0.15) is 8.78 Å². The van der Waals surface area contributed by atoms with E-state index in [1.54, 1.807) is 12.1 Å². The van der Waals surface area contributed by atoms with Crippen LogP contribution in [0.25, 0.3) is 0 Å². The van der Waals surface area contributed by atoms with Crippen molar-refractivity contribution >= 4 is 0 Å². The molecule has 0 N–H and O–H groups in total. The van der Waals surface area contributed by atoms with Crippen LogP contribution in [-0.2, 0) is 9.47 Å². The van der Waals surface area contributed by atoms with Crippen molar-refractivity contribution in [3.8, 4) is 5.75 Å².